The van der Waals surface area contributed by atoms with Crippen LogP contribution in [0.3, 0.4) is 0 Å². The first-order chi connectivity index (χ1) is 38.2. The topological polar surface area (TPSA) is 69.6 Å². The van der Waals surface area contributed by atoms with Crippen molar-refractivity contribution in [1.82, 2.24) is 5.32 Å². The molecule has 0 fully saturated rings. The molecule has 0 aromatic rings. The monoisotopic (exact) mass is 1090 g/mol. The molecule has 0 spiro atoms. The third-order valence-corrected chi connectivity index (χ3v) is 17.9. The van der Waals surface area contributed by atoms with E-state index in [4.69, 9.17) is 0 Å². The molecule has 4 heteroatoms. The summed E-state index contributed by atoms with van der Waals surface area (Å²) in [6.45, 7) is 4.42. The van der Waals surface area contributed by atoms with E-state index in [0.29, 0.717) is 12.8 Å². The first-order valence-corrected chi connectivity index (χ1v) is 36.7. The van der Waals surface area contributed by atoms with Crippen molar-refractivity contribution in [2.75, 3.05) is 6.61 Å². The molecule has 0 aromatic heterocycles. The molecular formula is C73H147NO3. The Hall–Kier alpha value is -0.610. The van der Waals surface area contributed by atoms with Gasteiger partial charge in [-0.3, -0.25) is 4.79 Å². The molecular weight excluding hydrogens is 939 g/mol. The van der Waals surface area contributed by atoms with E-state index in [1.807, 2.05) is 0 Å². The molecule has 1 amide bonds. The fraction of sp³-hybridized carbons (Fsp3) is 0.986. The molecule has 2 unspecified atom stereocenters. The summed E-state index contributed by atoms with van der Waals surface area (Å²) in [6.07, 6.45) is 91.9. The quantitative estimate of drug-likeness (QED) is 0.0532. The summed E-state index contributed by atoms with van der Waals surface area (Å²) in [5.74, 6) is -0.0187. The molecule has 0 rings (SSSR count). The second-order valence-electron chi connectivity index (χ2n) is 25.7. The first-order valence-electron chi connectivity index (χ1n) is 36.7. The first kappa shape index (κ1) is 76.4. The highest BCUT2D eigenvalue weighted by Crippen LogP contribution is 2.20. The molecule has 0 aromatic carbocycles. The number of aliphatic hydroxyl groups excluding tert-OH is 2. The van der Waals surface area contributed by atoms with Gasteiger partial charge in [-0.1, -0.05) is 425 Å². The Labute approximate surface area is 486 Å². The molecule has 462 valence electrons. The minimum atomic E-state index is -0.657. The zero-order chi connectivity index (χ0) is 55.5. The Morgan fingerprint density at radius 3 is 0.584 bits per heavy atom. The average molecular weight is 1090 g/mol. The number of unbranched alkanes of at least 4 members (excludes halogenated alkanes) is 63. The number of nitrogens with one attached hydrogen (secondary N) is 1. The molecule has 0 saturated carbocycles. The van der Waals surface area contributed by atoms with Crippen LogP contribution in [0.1, 0.15) is 444 Å². The molecule has 0 aliphatic carbocycles. The summed E-state index contributed by atoms with van der Waals surface area (Å²) < 4.78 is 0. The van der Waals surface area contributed by atoms with Gasteiger partial charge in [0.15, 0.2) is 0 Å². The number of carbonyl (C=O) groups is 1. The number of carbonyl (C=O) groups excluding carboxylic acids is 1. The van der Waals surface area contributed by atoms with Crippen LogP contribution in [-0.2, 0) is 4.79 Å². The summed E-state index contributed by atoms with van der Waals surface area (Å²) in [5.41, 5.74) is 0. The van der Waals surface area contributed by atoms with Crippen molar-refractivity contribution in [3.8, 4) is 0 Å². The smallest absolute Gasteiger partial charge is 0.220 e. The van der Waals surface area contributed by atoms with Crippen molar-refractivity contribution >= 4 is 5.91 Å². The van der Waals surface area contributed by atoms with Crippen LogP contribution < -0.4 is 5.32 Å². The molecule has 77 heavy (non-hydrogen) atoms. The van der Waals surface area contributed by atoms with E-state index < -0.39 is 12.1 Å². The third-order valence-electron chi connectivity index (χ3n) is 17.9. The lowest BCUT2D eigenvalue weighted by Gasteiger charge is -2.22. The van der Waals surface area contributed by atoms with Crippen LogP contribution in [0.15, 0.2) is 0 Å². The van der Waals surface area contributed by atoms with Crippen LogP contribution in [0.5, 0.6) is 0 Å². The normalized spacial score (nSPS) is 12.5. The molecule has 4 nitrogen and oxygen atoms in total. The van der Waals surface area contributed by atoms with E-state index in [1.165, 1.54) is 392 Å². The van der Waals surface area contributed by atoms with Crippen LogP contribution in [0, 0.1) is 0 Å². The Morgan fingerprint density at radius 1 is 0.260 bits per heavy atom. The Morgan fingerprint density at radius 2 is 0.416 bits per heavy atom. The van der Waals surface area contributed by atoms with Gasteiger partial charge >= 0.3 is 0 Å². The highest BCUT2D eigenvalue weighted by molar-refractivity contribution is 5.76. The fourth-order valence-corrected chi connectivity index (χ4v) is 12.3. The maximum atomic E-state index is 12.6. The Kier molecular flexibility index (Phi) is 69.1. The number of hydrogen-bond donors (Lipinski definition) is 3. The largest absolute Gasteiger partial charge is 0.394 e. The predicted molar refractivity (Wildman–Crippen MR) is 346 cm³/mol. The van der Waals surface area contributed by atoms with Gasteiger partial charge in [-0.25, -0.2) is 0 Å². The number of hydrogen-bond acceptors (Lipinski definition) is 3. The predicted octanol–water partition coefficient (Wildman–Crippen LogP) is 25.0. The van der Waals surface area contributed by atoms with Gasteiger partial charge in [0.25, 0.3) is 0 Å². The minimum Gasteiger partial charge on any atom is -0.394 e. The molecule has 0 bridgehead atoms. The highest BCUT2D eigenvalue weighted by Gasteiger charge is 2.20. The number of amides is 1. The SMILES string of the molecule is CCCCCCCCCCCCCCCCCCCCCCCCCCCCCCCCCCCCCCCC(=O)NC(CO)C(O)CCCCCCCCCCCCCCCCCCCCCCCCCCCCCC. The van der Waals surface area contributed by atoms with E-state index in [9.17, 15) is 15.0 Å². The fourth-order valence-electron chi connectivity index (χ4n) is 12.3. The standard InChI is InChI=1S/C73H147NO3/c1-3-5-7-9-11-13-15-17-19-21-23-25-27-29-31-33-34-35-36-37-38-39-40-41-43-45-47-49-51-53-55-57-59-61-63-65-67-69-73(77)74-71(70-75)72(76)68-66-64-62-60-58-56-54-52-50-48-46-44-42-32-30-28-26-24-22-20-18-16-14-12-10-8-6-4-2/h71-72,75-76H,3-70H2,1-2H3,(H,74,77). The zero-order valence-electron chi connectivity index (χ0n) is 53.5. The van der Waals surface area contributed by atoms with Crippen LogP contribution >= 0.6 is 0 Å². The van der Waals surface area contributed by atoms with E-state index in [0.717, 1.165) is 25.7 Å². The number of rotatable bonds is 70. The maximum Gasteiger partial charge on any atom is 0.220 e. The summed E-state index contributed by atoms with van der Waals surface area (Å²) in [5, 5.41) is 23.5. The second-order valence-corrected chi connectivity index (χ2v) is 25.7. The van der Waals surface area contributed by atoms with Crippen molar-refractivity contribution in [3.63, 3.8) is 0 Å². The third kappa shape index (κ3) is 66.1. The van der Waals surface area contributed by atoms with Gasteiger partial charge in [-0.2, -0.15) is 0 Å². The summed E-state index contributed by atoms with van der Waals surface area (Å²) in [4.78, 5) is 12.6. The average Bonchev–Trinajstić information content (AvgIpc) is 3.43. The van der Waals surface area contributed by atoms with Crippen molar-refractivity contribution in [2.45, 2.75) is 456 Å². The van der Waals surface area contributed by atoms with E-state index in [-0.39, 0.29) is 12.5 Å². The van der Waals surface area contributed by atoms with Gasteiger partial charge in [-0.15, -0.1) is 0 Å². The molecule has 0 heterocycles. The van der Waals surface area contributed by atoms with Crippen molar-refractivity contribution in [2.24, 2.45) is 0 Å². The lowest BCUT2D eigenvalue weighted by molar-refractivity contribution is -0.123. The highest BCUT2D eigenvalue weighted by atomic mass is 16.3. The molecule has 0 aliphatic heterocycles. The molecule has 0 saturated heterocycles. The van der Waals surface area contributed by atoms with Crippen molar-refractivity contribution in [1.29, 1.82) is 0 Å². The van der Waals surface area contributed by atoms with Crippen LogP contribution in [0.4, 0.5) is 0 Å². The van der Waals surface area contributed by atoms with Gasteiger partial charge in [0.2, 0.25) is 5.91 Å². The molecule has 0 aliphatic rings. The van der Waals surface area contributed by atoms with Crippen molar-refractivity contribution < 1.29 is 15.0 Å². The molecule has 3 N–H and O–H groups in total. The van der Waals surface area contributed by atoms with Gasteiger partial charge in [-0.05, 0) is 12.8 Å². The molecule has 2 atom stereocenters. The van der Waals surface area contributed by atoms with Crippen molar-refractivity contribution in [3.05, 3.63) is 0 Å². The van der Waals surface area contributed by atoms with Crippen LogP contribution in [-0.4, -0.2) is 34.9 Å². The van der Waals surface area contributed by atoms with Gasteiger partial charge < -0.3 is 15.5 Å². The lowest BCUT2D eigenvalue weighted by atomic mass is 10.0. The van der Waals surface area contributed by atoms with Crippen LogP contribution in [0.25, 0.3) is 0 Å². The Balaban J connectivity index is 3.34. The second kappa shape index (κ2) is 69.7. The zero-order valence-corrected chi connectivity index (χ0v) is 53.5. The van der Waals surface area contributed by atoms with Gasteiger partial charge in [0.1, 0.15) is 0 Å². The van der Waals surface area contributed by atoms with Gasteiger partial charge in [0.05, 0.1) is 18.8 Å². The summed E-state index contributed by atoms with van der Waals surface area (Å²) in [6, 6.07) is -0.533. The Bertz CT molecular complexity index is 1050. The summed E-state index contributed by atoms with van der Waals surface area (Å²) in [7, 11) is 0. The summed E-state index contributed by atoms with van der Waals surface area (Å²) >= 11 is 0. The van der Waals surface area contributed by atoms with E-state index in [1.54, 1.807) is 0 Å². The van der Waals surface area contributed by atoms with Gasteiger partial charge in [0, 0.05) is 6.42 Å². The number of aliphatic hydroxyl groups is 2. The minimum absolute atomic E-state index is 0.0187. The maximum absolute atomic E-state index is 12.6. The van der Waals surface area contributed by atoms with Crippen LogP contribution in [0.2, 0.25) is 0 Å². The van der Waals surface area contributed by atoms with E-state index in [2.05, 4.69) is 19.2 Å². The van der Waals surface area contributed by atoms with E-state index >= 15 is 0 Å². The molecule has 0 radical (unpaired) electrons. The lowest BCUT2D eigenvalue weighted by Crippen LogP contribution is -2.45.